The van der Waals surface area contributed by atoms with E-state index in [4.69, 9.17) is 0 Å². The highest BCUT2D eigenvalue weighted by molar-refractivity contribution is 8.00. The highest BCUT2D eigenvalue weighted by Gasteiger charge is 2.12. The normalized spacial score (nSPS) is 12.8. The predicted molar refractivity (Wildman–Crippen MR) is 87.4 cm³/mol. The standard InChI is InChI=1S/C16H25S2/c1-15(2,3)17-11-13-8-7-9-14(10-13)12-18-16(4,5)6/h7-9H,11-12H2,1-6H3. The van der Waals surface area contributed by atoms with Crippen molar-refractivity contribution in [2.75, 3.05) is 0 Å². The molecular weight excluding hydrogens is 256 g/mol. The molecule has 0 N–H and O–H groups in total. The molecule has 0 aliphatic heterocycles. The summed E-state index contributed by atoms with van der Waals surface area (Å²) in [5, 5.41) is 0. The lowest BCUT2D eigenvalue weighted by molar-refractivity contribution is 0.802. The molecule has 18 heavy (non-hydrogen) atoms. The van der Waals surface area contributed by atoms with Crippen LogP contribution >= 0.6 is 23.5 Å². The van der Waals surface area contributed by atoms with Gasteiger partial charge in [0.15, 0.2) is 0 Å². The van der Waals surface area contributed by atoms with Crippen LogP contribution in [0.3, 0.4) is 0 Å². The number of hydrogen-bond acceptors (Lipinski definition) is 2. The monoisotopic (exact) mass is 281 g/mol. The quantitative estimate of drug-likeness (QED) is 0.709. The number of benzene rings is 1. The van der Waals surface area contributed by atoms with Crippen LogP contribution in [0.2, 0.25) is 0 Å². The summed E-state index contributed by atoms with van der Waals surface area (Å²) in [5.74, 6) is 2.11. The summed E-state index contributed by atoms with van der Waals surface area (Å²) < 4.78 is 0.647. The molecule has 0 saturated carbocycles. The number of rotatable bonds is 4. The Morgan fingerprint density at radius 3 is 1.56 bits per heavy atom. The smallest absolute Gasteiger partial charge is 0.0196 e. The van der Waals surface area contributed by atoms with Crippen molar-refractivity contribution in [2.24, 2.45) is 0 Å². The second-order valence-corrected chi connectivity index (χ2v) is 10.1. The van der Waals surface area contributed by atoms with Gasteiger partial charge in [0, 0.05) is 21.0 Å². The molecule has 0 aliphatic carbocycles. The van der Waals surface area contributed by atoms with Gasteiger partial charge in [-0.2, -0.15) is 23.5 Å². The summed E-state index contributed by atoms with van der Waals surface area (Å²) in [5.41, 5.74) is 2.64. The van der Waals surface area contributed by atoms with Crippen molar-refractivity contribution >= 4 is 23.5 Å². The van der Waals surface area contributed by atoms with Crippen LogP contribution in [-0.2, 0) is 11.5 Å². The lowest BCUT2D eigenvalue weighted by atomic mass is 10.2. The Labute approximate surface area is 121 Å². The van der Waals surface area contributed by atoms with Crippen molar-refractivity contribution < 1.29 is 0 Å². The predicted octanol–water partition coefficient (Wildman–Crippen LogP) is 5.55. The van der Waals surface area contributed by atoms with Crippen LogP contribution in [0.4, 0.5) is 0 Å². The fourth-order valence-electron chi connectivity index (χ4n) is 1.33. The van der Waals surface area contributed by atoms with Crippen molar-refractivity contribution in [2.45, 2.75) is 62.5 Å². The van der Waals surface area contributed by atoms with Crippen LogP contribution in [0, 0.1) is 6.07 Å². The van der Waals surface area contributed by atoms with Crippen molar-refractivity contribution in [1.29, 1.82) is 0 Å². The van der Waals surface area contributed by atoms with Gasteiger partial charge in [0.2, 0.25) is 0 Å². The molecule has 0 bridgehead atoms. The van der Waals surface area contributed by atoms with Gasteiger partial charge in [-0.1, -0.05) is 59.7 Å². The van der Waals surface area contributed by atoms with E-state index in [9.17, 15) is 0 Å². The molecule has 1 aromatic rings. The van der Waals surface area contributed by atoms with E-state index in [1.807, 2.05) is 23.5 Å². The summed E-state index contributed by atoms with van der Waals surface area (Å²) in [4.78, 5) is 0. The summed E-state index contributed by atoms with van der Waals surface area (Å²) in [7, 11) is 0. The van der Waals surface area contributed by atoms with Crippen LogP contribution in [0.1, 0.15) is 52.7 Å². The molecule has 0 fully saturated rings. The first-order valence-corrected chi connectivity index (χ1v) is 8.41. The molecule has 0 amide bonds. The molecule has 2 heteroatoms. The van der Waals surface area contributed by atoms with Gasteiger partial charge in [-0.3, -0.25) is 0 Å². The molecule has 0 nitrogen and oxygen atoms in total. The average molecular weight is 282 g/mol. The van der Waals surface area contributed by atoms with E-state index < -0.39 is 0 Å². The third kappa shape index (κ3) is 7.38. The summed E-state index contributed by atoms with van der Waals surface area (Å²) in [6.07, 6.45) is 0. The van der Waals surface area contributed by atoms with Crippen molar-refractivity contribution in [3.63, 3.8) is 0 Å². The Bertz CT molecular complexity index is 336. The average Bonchev–Trinajstić information content (AvgIpc) is 2.22. The minimum atomic E-state index is 0.323. The van der Waals surface area contributed by atoms with E-state index in [0.29, 0.717) is 9.49 Å². The van der Waals surface area contributed by atoms with Gasteiger partial charge in [-0.15, -0.1) is 0 Å². The molecule has 0 aliphatic rings. The SMILES string of the molecule is CC(C)(C)SCc1[c]c(CSC(C)(C)C)ccc1. The maximum Gasteiger partial charge on any atom is 0.0196 e. The molecule has 0 atom stereocenters. The lowest BCUT2D eigenvalue weighted by Crippen LogP contribution is -2.08. The zero-order valence-electron chi connectivity index (χ0n) is 12.5. The van der Waals surface area contributed by atoms with E-state index in [0.717, 1.165) is 11.5 Å². The first-order valence-electron chi connectivity index (χ1n) is 6.44. The third-order valence-corrected chi connectivity index (χ3v) is 4.88. The Hall–Kier alpha value is -0.0800. The molecular formula is C16H25S2. The molecule has 101 valence electrons. The minimum Gasteiger partial charge on any atom is -0.151 e. The molecule has 1 aromatic carbocycles. The zero-order valence-corrected chi connectivity index (χ0v) is 14.1. The highest BCUT2D eigenvalue weighted by atomic mass is 32.2. The van der Waals surface area contributed by atoms with Crippen molar-refractivity contribution in [1.82, 2.24) is 0 Å². The van der Waals surface area contributed by atoms with Crippen LogP contribution in [0.5, 0.6) is 0 Å². The van der Waals surface area contributed by atoms with Crippen LogP contribution in [-0.4, -0.2) is 9.49 Å². The van der Waals surface area contributed by atoms with Gasteiger partial charge in [-0.05, 0) is 17.2 Å². The fourth-order valence-corrected chi connectivity index (χ4v) is 2.84. The van der Waals surface area contributed by atoms with Gasteiger partial charge >= 0.3 is 0 Å². The minimum absolute atomic E-state index is 0.323. The van der Waals surface area contributed by atoms with Gasteiger partial charge < -0.3 is 0 Å². The molecule has 0 aromatic heterocycles. The first-order chi connectivity index (χ1) is 8.16. The Morgan fingerprint density at radius 1 is 0.833 bits per heavy atom. The molecule has 1 rings (SSSR count). The largest absolute Gasteiger partial charge is 0.151 e. The third-order valence-electron chi connectivity index (χ3n) is 2.24. The number of thioether (sulfide) groups is 2. The van der Waals surface area contributed by atoms with E-state index in [1.54, 1.807) is 0 Å². The first kappa shape index (κ1) is 16.0. The molecule has 0 saturated heterocycles. The summed E-state index contributed by atoms with van der Waals surface area (Å²) in [6, 6.07) is 10.1. The topological polar surface area (TPSA) is 0 Å². The van der Waals surface area contributed by atoms with Crippen LogP contribution < -0.4 is 0 Å². The van der Waals surface area contributed by atoms with Crippen molar-refractivity contribution in [3.05, 3.63) is 35.4 Å². The molecule has 0 spiro atoms. The molecule has 0 unspecified atom stereocenters. The Morgan fingerprint density at radius 2 is 1.22 bits per heavy atom. The second kappa shape index (κ2) is 6.38. The van der Waals surface area contributed by atoms with Gasteiger partial charge in [0.1, 0.15) is 0 Å². The lowest BCUT2D eigenvalue weighted by Gasteiger charge is -2.19. The van der Waals surface area contributed by atoms with Gasteiger partial charge in [0.25, 0.3) is 0 Å². The molecule has 1 radical (unpaired) electrons. The van der Waals surface area contributed by atoms with Crippen LogP contribution in [0.25, 0.3) is 0 Å². The Balaban J connectivity index is 2.57. The maximum atomic E-state index is 3.55. The van der Waals surface area contributed by atoms with E-state index in [1.165, 1.54) is 11.1 Å². The summed E-state index contributed by atoms with van der Waals surface area (Å²) in [6.45, 7) is 13.6. The molecule has 0 heterocycles. The van der Waals surface area contributed by atoms with E-state index in [2.05, 4.69) is 65.8 Å². The van der Waals surface area contributed by atoms with Gasteiger partial charge in [-0.25, -0.2) is 0 Å². The van der Waals surface area contributed by atoms with Crippen molar-refractivity contribution in [3.8, 4) is 0 Å². The summed E-state index contributed by atoms with van der Waals surface area (Å²) >= 11 is 3.96. The van der Waals surface area contributed by atoms with E-state index >= 15 is 0 Å². The number of hydrogen-bond donors (Lipinski definition) is 0. The van der Waals surface area contributed by atoms with E-state index in [-0.39, 0.29) is 0 Å². The Kier molecular flexibility index (Phi) is 5.67. The zero-order chi connectivity index (χ0) is 13.8. The second-order valence-electron chi connectivity index (χ2n) is 6.50. The maximum absolute atomic E-state index is 3.55. The van der Waals surface area contributed by atoms with Crippen LogP contribution in [0.15, 0.2) is 18.2 Å². The highest BCUT2D eigenvalue weighted by Crippen LogP contribution is 2.29. The fraction of sp³-hybridized carbons (Fsp3) is 0.625. The van der Waals surface area contributed by atoms with Gasteiger partial charge in [0.05, 0.1) is 0 Å².